The summed E-state index contributed by atoms with van der Waals surface area (Å²) in [6.45, 7) is 20.7. The van der Waals surface area contributed by atoms with Crippen LogP contribution in [0.15, 0.2) is 28.7 Å². The van der Waals surface area contributed by atoms with Crippen LogP contribution in [0.2, 0.25) is 18.1 Å². The van der Waals surface area contributed by atoms with Crippen molar-refractivity contribution in [2.45, 2.75) is 90.8 Å². The molecule has 0 aromatic rings. The number of nitrogens with zero attached hydrogens (tertiary/aromatic N) is 1. The second kappa shape index (κ2) is 11.0. The summed E-state index contributed by atoms with van der Waals surface area (Å²) in [4.78, 5) is 15.7. The molecule has 0 fully saturated rings. The number of alkyl carbamates (subject to hydrolysis) is 1. The molecule has 0 aliphatic rings. The first-order valence-electron chi connectivity index (χ1n) is 9.81. The highest BCUT2D eigenvalue weighted by Crippen LogP contribution is 2.37. The van der Waals surface area contributed by atoms with Gasteiger partial charge in [-0.2, -0.15) is 0 Å². The normalized spacial score (nSPS) is 16.2. The van der Waals surface area contributed by atoms with Crippen molar-refractivity contribution in [2.24, 2.45) is 4.99 Å². The molecular weight excluding hydrogens is 391 g/mol. The number of nitrogens with one attached hydrogen (secondary N) is 1. The number of aliphatic hydroxyl groups excluding tert-OH is 1. The number of hydrogen-bond acceptors (Lipinski definition) is 5. The minimum Gasteiger partial charge on any atom is -0.444 e. The van der Waals surface area contributed by atoms with Gasteiger partial charge in [-0.15, -0.1) is 0 Å². The molecule has 0 aliphatic carbocycles. The van der Waals surface area contributed by atoms with Gasteiger partial charge in [-0.3, -0.25) is 4.99 Å². The smallest absolute Gasteiger partial charge is 0.407 e. The lowest BCUT2D eigenvalue weighted by atomic mass is 10.0. The molecule has 2 N–H and O–H groups in total. The maximum absolute atomic E-state index is 13.4. The van der Waals surface area contributed by atoms with Crippen molar-refractivity contribution in [3.63, 3.8) is 0 Å². The number of amides is 1. The molecule has 8 heteroatoms. The number of aliphatic hydroxyl groups is 1. The predicted octanol–water partition coefficient (Wildman–Crippen LogP) is 5.11. The van der Waals surface area contributed by atoms with Gasteiger partial charge in [0.1, 0.15) is 5.60 Å². The minimum absolute atomic E-state index is 0.0567. The zero-order valence-corrected chi connectivity index (χ0v) is 20.4. The highest BCUT2D eigenvalue weighted by atomic mass is 28.4. The summed E-state index contributed by atoms with van der Waals surface area (Å²) in [5.74, 6) is -0.451. The Hall–Kier alpha value is -1.51. The molecule has 0 aromatic heterocycles. The van der Waals surface area contributed by atoms with Crippen molar-refractivity contribution in [3.8, 4) is 0 Å². The Balaban J connectivity index is 5.46. The van der Waals surface area contributed by atoms with Crippen LogP contribution in [-0.2, 0) is 9.16 Å². The quantitative estimate of drug-likeness (QED) is 0.303. The number of allylic oxidation sites excluding steroid dienone is 1. The molecule has 0 aliphatic heterocycles. The molecule has 0 spiro atoms. The van der Waals surface area contributed by atoms with Gasteiger partial charge in [0, 0.05) is 24.7 Å². The molecule has 0 radical (unpaired) electrons. The van der Waals surface area contributed by atoms with Gasteiger partial charge in [0.15, 0.2) is 8.32 Å². The van der Waals surface area contributed by atoms with Crippen molar-refractivity contribution in [3.05, 3.63) is 23.7 Å². The molecule has 0 saturated carbocycles. The predicted molar refractivity (Wildman–Crippen MR) is 119 cm³/mol. The molecule has 0 rings (SSSR count). The van der Waals surface area contributed by atoms with E-state index in [9.17, 15) is 14.3 Å². The van der Waals surface area contributed by atoms with Gasteiger partial charge in [0.25, 0.3) is 0 Å². The number of carbonyl (C=O) groups is 1. The Morgan fingerprint density at radius 3 is 2.24 bits per heavy atom. The van der Waals surface area contributed by atoms with Gasteiger partial charge >= 0.3 is 6.09 Å². The lowest BCUT2D eigenvalue weighted by molar-refractivity contribution is 0.0470. The largest absolute Gasteiger partial charge is 0.444 e. The Morgan fingerprint density at radius 1 is 1.28 bits per heavy atom. The molecule has 1 amide bonds. The molecule has 6 nitrogen and oxygen atoms in total. The van der Waals surface area contributed by atoms with Crippen molar-refractivity contribution < 1.29 is 23.5 Å². The van der Waals surface area contributed by atoms with Crippen LogP contribution in [0.3, 0.4) is 0 Å². The second-order valence-corrected chi connectivity index (χ2v) is 14.4. The standard InChI is InChI=1S/C21H39FN2O4Si/c1-15(22)11-16(13-23-8)18(25)12-17(28-29(9,10)21(5,6)7)14-24-19(26)27-20(2,3)4/h11,13,17-18,25H,8,12,14H2,1-7,9-10H3,(H,24,26)/b15-11+,16-13+. The number of aliphatic imine (C=N–C) groups is 1. The van der Waals surface area contributed by atoms with Gasteiger partial charge in [-0.25, -0.2) is 9.18 Å². The van der Waals surface area contributed by atoms with E-state index in [0.29, 0.717) is 5.57 Å². The summed E-state index contributed by atoms with van der Waals surface area (Å²) in [5, 5.41) is 13.3. The number of halogens is 1. The van der Waals surface area contributed by atoms with E-state index >= 15 is 0 Å². The maximum atomic E-state index is 13.4. The van der Waals surface area contributed by atoms with Gasteiger partial charge in [-0.05, 0) is 58.6 Å². The highest BCUT2D eigenvalue weighted by Gasteiger charge is 2.39. The monoisotopic (exact) mass is 430 g/mol. The summed E-state index contributed by atoms with van der Waals surface area (Å²) in [5.41, 5.74) is -0.324. The van der Waals surface area contributed by atoms with Crippen LogP contribution in [0, 0.1) is 0 Å². The van der Waals surface area contributed by atoms with Crippen LogP contribution < -0.4 is 5.32 Å². The number of rotatable bonds is 9. The second-order valence-electron chi connectivity index (χ2n) is 9.68. The lowest BCUT2D eigenvalue weighted by Gasteiger charge is -2.40. The highest BCUT2D eigenvalue weighted by molar-refractivity contribution is 6.74. The third kappa shape index (κ3) is 11.3. The van der Waals surface area contributed by atoms with Crippen LogP contribution in [0.4, 0.5) is 9.18 Å². The zero-order chi connectivity index (χ0) is 23.0. The third-order valence-corrected chi connectivity index (χ3v) is 9.15. The van der Waals surface area contributed by atoms with Gasteiger partial charge in [0.2, 0.25) is 0 Å². The molecule has 2 unspecified atom stereocenters. The number of carbonyl (C=O) groups excluding carboxylic acids is 1. The molecule has 0 bridgehead atoms. The van der Waals surface area contributed by atoms with E-state index in [1.165, 1.54) is 19.2 Å². The van der Waals surface area contributed by atoms with Crippen molar-refractivity contribution >= 4 is 21.1 Å². The molecule has 2 atom stereocenters. The van der Waals surface area contributed by atoms with E-state index < -0.39 is 38.0 Å². The topological polar surface area (TPSA) is 80.2 Å². The summed E-state index contributed by atoms with van der Waals surface area (Å²) < 4.78 is 25.0. The molecular formula is C21H39FN2O4Si. The molecule has 0 heterocycles. The number of hydrogen-bond donors (Lipinski definition) is 2. The Labute approximate surface area is 176 Å². The average molecular weight is 431 g/mol. The van der Waals surface area contributed by atoms with Gasteiger partial charge in [-0.1, -0.05) is 20.8 Å². The molecule has 29 heavy (non-hydrogen) atoms. The summed E-state index contributed by atoms with van der Waals surface area (Å²) in [6.07, 6.45) is 0.621. The van der Waals surface area contributed by atoms with Crippen molar-refractivity contribution in [2.75, 3.05) is 6.54 Å². The summed E-state index contributed by atoms with van der Waals surface area (Å²) in [7, 11) is -2.19. The summed E-state index contributed by atoms with van der Waals surface area (Å²) >= 11 is 0. The number of ether oxygens (including phenoxy) is 1. The van der Waals surface area contributed by atoms with E-state index in [1.807, 2.05) is 0 Å². The van der Waals surface area contributed by atoms with Gasteiger partial charge < -0.3 is 19.6 Å². The van der Waals surface area contributed by atoms with Crippen LogP contribution in [0.5, 0.6) is 0 Å². The first-order valence-corrected chi connectivity index (χ1v) is 12.7. The summed E-state index contributed by atoms with van der Waals surface area (Å²) in [6, 6.07) is 0. The fourth-order valence-corrected chi connectivity index (χ4v) is 3.58. The first kappa shape index (κ1) is 27.5. The Morgan fingerprint density at radius 2 is 1.83 bits per heavy atom. The molecule has 0 aromatic carbocycles. The maximum Gasteiger partial charge on any atom is 0.407 e. The fraction of sp³-hybridized carbons (Fsp3) is 0.714. The molecule has 0 saturated heterocycles. The van der Waals surface area contributed by atoms with E-state index in [0.717, 1.165) is 0 Å². The Bertz CT molecular complexity index is 615. The minimum atomic E-state index is -2.19. The van der Waals surface area contributed by atoms with E-state index in [1.54, 1.807) is 20.8 Å². The lowest BCUT2D eigenvalue weighted by Crippen LogP contribution is -2.48. The fourth-order valence-electron chi connectivity index (χ4n) is 2.22. The van der Waals surface area contributed by atoms with Crippen LogP contribution in [0.1, 0.15) is 54.9 Å². The van der Waals surface area contributed by atoms with E-state index in [2.05, 4.69) is 50.9 Å². The van der Waals surface area contributed by atoms with Gasteiger partial charge in [0.05, 0.1) is 18.0 Å². The van der Waals surface area contributed by atoms with E-state index in [4.69, 9.17) is 9.16 Å². The van der Waals surface area contributed by atoms with Crippen LogP contribution in [0.25, 0.3) is 0 Å². The third-order valence-electron chi connectivity index (χ3n) is 4.62. The first-order chi connectivity index (χ1) is 13.0. The van der Waals surface area contributed by atoms with Crippen molar-refractivity contribution in [1.82, 2.24) is 5.32 Å². The molecule has 168 valence electrons. The Kier molecular flexibility index (Phi) is 10.5. The zero-order valence-electron chi connectivity index (χ0n) is 19.4. The average Bonchev–Trinajstić information content (AvgIpc) is 2.48. The van der Waals surface area contributed by atoms with Crippen molar-refractivity contribution in [1.29, 1.82) is 0 Å². The van der Waals surface area contributed by atoms with Crippen LogP contribution >= 0.6 is 0 Å². The van der Waals surface area contributed by atoms with E-state index in [-0.39, 0.29) is 18.0 Å². The SMILES string of the molecule is C=N/C=C(\C=C(/C)F)C(O)CC(CNC(=O)OC(C)(C)C)O[Si](C)(C)C(C)(C)C. The van der Waals surface area contributed by atoms with Crippen LogP contribution in [-0.4, -0.2) is 50.6 Å².